The summed E-state index contributed by atoms with van der Waals surface area (Å²) in [6, 6.07) is 0. The van der Waals surface area contributed by atoms with Gasteiger partial charge in [0.05, 0.1) is 0 Å². The zero-order chi connectivity index (χ0) is 0. The molecule has 6 heavy (non-hydrogen) atoms. The van der Waals surface area contributed by atoms with Crippen LogP contribution in [-0.4, -0.2) is 0 Å². The standard InChI is InChI=1S/4FH.K.Yb/h4*1H;;/q;;;;+1;+3/p-4. The molecular formula is F4KYb. The Morgan fingerprint density at radius 2 is 0.500 bits per heavy atom. The Morgan fingerprint density at radius 1 is 0.500 bits per heavy atom. The normalized spacial score (nSPS) is 0. The van der Waals surface area contributed by atoms with Gasteiger partial charge in [-0.1, -0.05) is 0 Å². The fourth-order valence-corrected chi connectivity index (χ4v) is 0. The van der Waals surface area contributed by atoms with Crippen molar-refractivity contribution in [2.24, 2.45) is 0 Å². The van der Waals surface area contributed by atoms with Crippen LogP contribution in [0.1, 0.15) is 0 Å². The maximum atomic E-state index is 0. The molecule has 6 heteroatoms. The molecule has 1 radical (unpaired) electrons. The summed E-state index contributed by atoms with van der Waals surface area (Å²) in [5, 5.41) is 0. The average molecular weight is 288 g/mol. The largest absolute Gasteiger partial charge is 3.00 e. The summed E-state index contributed by atoms with van der Waals surface area (Å²) in [7, 11) is 0. The van der Waals surface area contributed by atoms with Crippen LogP contribution in [0.15, 0.2) is 0 Å². The van der Waals surface area contributed by atoms with E-state index in [4.69, 9.17) is 0 Å². The number of halogens is 4. The van der Waals surface area contributed by atoms with Gasteiger partial charge >= 0.3 is 98.3 Å². The van der Waals surface area contributed by atoms with Crippen LogP contribution in [0.25, 0.3) is 0 Å². The van der Waals surface area contributed by atoms with Crippen molar-refractivity contribution in [2.45, 2.75) is 0 Å². The van der Waals surface area contributed by atoms with E-state index < -0.39 is 0 Å². The minimum Gasteiger partial charge on any atom is -1.00 e. The third kappa shape index (κ3) is 28.7. The summed E-state index contributed by atoms with van der Waals surface area (Å²) in [6.07, 6.45) is 0. The Hall–Kier alpha value is 2.88. The van der Waals surface area contributed by atoms with Crippen LogP contribution in [0.2, 0.25) is 0 Å². The van der Waals surface area contributed by atoms with Gasteiger partial charge in [0.1, 0.15) is 0 Å². The van der Waals surface area contributed by atoms with E-state index in [9.17, 15) is 0 Å². The Morgan fingerprint density at radius 3 is 0.500 bits per heavy atom. The number of rotatable bonds is 0. The van der Waals surface area contributed by atoms with Crippen molar-refractivity contribution in [3.63, 3.8) is 0 Å². The molecule has 0 aromatic carbocycles. The third-order valence-electron chi connectivity index (χ3n) is 0. The smallest absolute Gasteiger partial charge is 1.00 e. The number of hydrogen-bond donors (Lipinski definition) is 0. The van der Waals surface area contributed by atoms with E-state index in [-0.39, 0.29) is 117 Å². The van der Waals surface area contributed by atoms with Crippen molar-refractivity contribution in [3.05, 3.63) is 0 Å². The average Bonchev–Trinajstić information content (AvgIpc) is 0. The Balaban J connectivity index is 0. The van der Waals surface area contributed by atoms with Gasteiger partial charge in [-0.2, -0.15) is 0 Å². The van der Waals surface area contributed by atoms with Gasteiger partial charge < -0.3 is 18.8 Å². The summed E-state index contributed by atoms with van der Waals surface area (Å²) >= 11 is 0. The van der Waals surface area contributed by atoms with Gasteiger partial charge in [-0.3, -0.25) is 0 Å². The van der Waals surface area contributed by atoms with E-state index in [1.807, 2.05) is 0 Å². The van der Waals surface area contributed by atoms with Gasteiger partial charge in [-0.25, -0.2) is 0 Å². The maximum absolute atomic E-state index is 0. The van der Waals surface area contributed by atoms with E-state index in [0.717, 1.165) is 0 Å². The third-order valence-corrected chi connectivity index (χ3v) is 0. The van der Waals surface area contributed by atoms with Crippen LogP contribution >= 0.6 is 0 Å². The van der Waals surface area contributed by atoms with Crippen molar-refractivity contribution in [2.75, 3.05) is 0 Å². The van der Waals surface area contributed by atoms with E-state index in [1.54, 1.807) is 0 Å². The fraction of sp³-hybridized carbons (Fsp3) is 0. The van der Waals surface area contributed by atoms with Gasteiger partial charge in [0, 0.05) is 0 Å². The van der Waals surface area contributed by atoms with E-state index >= 15 is 0 Å². The predicted octanol–water partition coefficient (Wildman–Crippen LogP) is -15.0. The summed E-state index contributed by atoms with van der Waals surface area (Å²) in [4.78, 5) is 0. The molecule has 0 aliphatic carbocycles. The molecule has 0 bridgehead atoms. The molecule has 0 saturated carbocycles. The molecule has 0 amide bonds. The molecule has 0 atom stereocenters. The van der Waals surface area contributed by atoms with Crippen LogP contribution in [0, 0.1) is 46.9 Å². The second-order valence-electron chi connectivity index (χ2n) is 0. The SMILES string of the molecule is [F-].[F-].[F-].[F-].[K+].[Yb+3]. The zero-order valence-corrected chi connectivity index (χ0v) is 7.62. The molecule has 43 valence electrons. The fourth-order valence-electron chi connectivity index (χ4n) is 0. The van der Waals surface area contributed by atoms with E-state index in [2.05, 4.69) is 0 Å². The van der Waals surface area contributed by atoms with Gasteiger partial charge in [0.25, 0.3) is 0 Å². The van der Waals surface area contributed by atoms with Crippen LogP contribution < -0.4 is 70.2 Å². The van der Waals surface area contributed by atoms with E-state index in [1.165, 1.54) is 0 Å². The van der Waals surface area contributed by atoms with Gasteiger partial charge in [0.2, 0.25) is 0 Å². The minimum absolute atomic E-state index is 0. The van der Waals surface area contributed by atoms with Crippen LogP contribution in [0.4, 0.5) is 0 Å². The Labute approximate surface area is 114 Å². The number of hydrogen-bond acceptors (Lipinski definition) is 0. The topological polar surface area (TPSA) is 0 Å². The van der Waals surface area contributed by atoms with Crippen molar-refractivity contribution in [1.82, 2.24) is 0 Å². The first kappa shape index (κ1) is 66.6. The predicted molar refractivity (Wildman–Crippen MR) is 0 cm³/mol. The monoisotopic (exact) mass is 289 g/mol. The van der Waals surface area contributed by atoms with Gasteiger partial charge in [-0.05, 0) is 0 Å². The molecule has 0 heterocycles. The molecular weight excluding hydrogens is 288 g/mol. The minimum atomic E-state index is 0. The maximum Gasteiger partial charge on any atom is 3.00 e. The van der Waals surface area contributed by atoms with Crippen molar-refractivity contribution in [3.8, 4) is 0 Å². The van der Waals surface area contributed by atoms with Gasteiger partial charge in [-0.15, -0.1) is 0 Å². The molecule has 0 rings (SSSR count). The first-order valence-electron chi connectivity index (χ1n) is 0. The second kappa shape index (κ2) is 45.0. The summed E-state index contributed by atoms with van der Waals surface area (Å²) in [6.45, 7) is 0. The Kier molecular flexibility index (Phi) is 500. The van der Waals surface area contributed by atoms with Crippen molar-refractivity contribution >= 4 is 0 Å². The second-order valence-corrected chi connectivity index (χ2v) is 0. The summed E-state index contributed by atoms with van der Waals surface area (Å²) in [5.41, 5.74) is 0. The summed E-state index contributed by atoms with van der Waals surface area (Å²) in [5.74, 6) is 0. The molecule has 0 saturated heterocycles. The first-order valence-corrected chi connectivity index (χ1v) is 0. The molecule has 0 N–H and O–H groups in total. The molecule has 0 aliphatic heterocycles. The van der Waals surface area contributed by atoms with Gasteiger partial charge in [0.15, 0.2) is 0 Å². The summed E-state index contributed by atoms with van der Waals surface area (Å²) < 4.78 is 0. The van der Waals surface area contributed by atoms with Crippen molar-refractivity contribution in [1.29, 1.82) is 0 Å². The molecule has 0 aromatic heterocycles. The Bertz CT molecular complexity index is 7.51. The molecule has 0 fully saturated rings. The molecule has 0 spiro atoms. The molecule has 0 aliphatic rings. The molecule has 0 nitrogen and oxygen atoms in total. The molecule has 0 unspecified atom stereocenters. The van der Waals surface area contributed by atoms with E-state index in [0.29, 0.717) is 0 Å². The van der Waals surface area contributed by atoms with Crippen LogP contribution in [0.5, 0.6) is 0 Å². The van der Waals surface area contributed by atoms with Crippen LogP contribution in [0.3, 0.4) is 0 Å². The molecule has 0 aromatic rings. The first-order chi connectivity index (χ1) is 0. The van der Waals surface area contributed by atoms with Crippen molar-refractivity contribution < 1.29 is 117 Å². The van der Waals surface area contributed by atoms with Crippen LogP contribution in [-0.2, 0) is 0 Å². The quantitative estimate of drug-likeness (QED) is 0.307. The zero-order valence-electron chi connectivity index (χ0n) is 2.78.